The number of likely N-dealkylation sites (N-methyl/N-ethyl adjacent to an activating group) is 1. The van der Waals surface area contributed by atoms with Gasteiger partial charge < -0.3 is 10.2 Å². The molecule has 0 fully saturated rings. The molecule has 0 amide bonds. The summed E-state index contributed by atoms with van der Waals surface area (Å²) in [5.74, 6) is 0.293. The van der Waals surface area contributed by atoms with Crippen LogP contribution in [0.5, 0.6) is 0 Å². The van der Waals surface area contributed by atoms with E-state index in [1.165, 1.54) is 16.7 Å². The van der Waals surface area contributed by atoms with Gasteiger partial charge in [-0.15, -0.1) is 12.8 Å². The zero-order valence-electron chi connectivity index (χ0n) is 18.1. The number of nitrogens with one attached hydrogen (secondary N) is 1. The van der Waals surface area contributed by atoms with E-state index in [0.717, 1.165) is 13.1 Å². The van der Waals surface area contributed by atoms with Crippen LogP contribution in [0.25, 0.3) is 0 Å². The van der Waals surface area contributed by atoms with Gasteiger partial charge in [-0.1, -0.05) is 32.1 Å². The van der Waals surface area contributed by atoms with E-state index >= 15 is 0 Å². The van der Waals surface area contributed by atoms with Gasteiger partial charge in [-0.3, -0.25) is 9.97 Å². The van der Waals surface area contributed by atoms with Gasteiger partial charge in [0.2, 0.25) is 0 Å². The maximum Gasteiger partial charge on any atom is 0.0356 e. The fourth-order valence-corrected chi connectivity index (χ4v) is 2.93. The second-order valence-corrected chi connectivity index (χ2v) is 6.14. The molecule has 2 aliphatic rings. The Morgan fingerprint density at radius 3 is 2.00 bits per heavy atom. The molecule has 0 aliphatic carbocycles. The van der Waals surface area contributed by atoms with Gasteiger partial charge in [0.05, 0.1) is 0 Å². The number of hydrogen-bond donors (Lipinski definition) is 1. The van der Waals surface area contributed by atoms with Crippen LogP contribution in [0.15, 0.2) is 103 Å². The maximum absolute atomic E-state index is 4.13. The van der Waals surface area contributed by atoms with Crippen LogP contribution in [0, 0.1) is 12.8 Å². The first-order valence-electron chi connectivity index (χ1n) is 10.1. The van der Waals surface area contributed by atoms with Crippen molar-refractivity contribution in [3.63, 3.8) is 0 Å². The first kappa shape index (κ1) is 24.5. The second-order valence-electron chi connectivity index (χ2n) is 6.14. The summed E-state index contributed by atoms with van der Waals surface area (Å²) < 4.78 is 0. The molecule has 1 N–H and O–H groups in total. The minimum Gasteiger partial charge on any atom is -0.387 e. The number of pyridine rings is 2. The van der Waals surface area contributed by atoms with Gasteiger partial charge in [-0.2, -0.15) is 0 Å². The summed E-state index contributed by atoms with van der Waals surface area (Å²) >= 11 is 0. The molecular weight excluding hydrogens is 368 g/mol. The Kier molecular flexibility index (Phi) is 12.5. The Bertz CT molecular complexity index is 806. The third-order valence-corrected chi connectivity index (χ3v) is 4.26. The van der Waals surface area contributed by atoms with Crippen molar-refractivity contribution in [2.75, 3.05) is 20.1 Å². The number of rotatable bonds is 3. The molecule has 0 spiro atoms. The van der Waals surface area contributed by atoms with E-state index in [2.05, 4.69) is 82.7 Å². The van der Waals surface area contributed by atoms with Gasteiger partial charge in [0.1, 0.15) is 0 Å². The van der Waals surface area contributed by atoms with E-state index in [1.807, 2.05) is 50.6 Å². The van der Waals surface area contributed by atoms with Crippen LogP contribution < -0.4 is 5.32 Å². The molecule has 2 aromatic heterocycles. The summed E-state index contributed by atoms with van der Waals surface area (Å²) in [5, 5.41) is 3.22. The number of nitrogens with zero attached hydrogens (tertiary/aromatic N) is 3. The second kappa shape index (κ2) is 15.4. The minimum atomic E-state index is 0.293. The summed E-state index contributed by atoms with van der Waals surface area (Å²) in [5.41, 5.74) is 3.99. The summed E-state index contributed by atoms with van der Waals surface area (Å²) in [6, 6.07) is 9.93. The van der Waals surface area contributed by atoms with Gasteiger partial charge in [0, 0.05) is 50.8 Å². The predicted molar refractivity (Wildman–Crippen MR) is 128 cm³/mol. The largest absolute Gasteiger partial charge is 0.387 e. The molecule has 0 bridgehead atoms. The van der Waals surface area contributed by atoms with Crippen molar-refractivity contribution in [1.29, 1.82) is 0 Å². The highest BCUT2D eigenvalue weighted by Gasteiger charge is 2.20. The molecule has 4 heterocycles. The Morgan fingerprint density at radius 2 is 1.53 bits per heavy atom. The lowest BCUT2D eigenvalue weighted by molar-refractivity contribution is 0.500. The van der Waals surface area contributed by atoms with Crippen molar-refractivity contribution in [3.05, 3.63) is 109 Å². The topological polar surface area (TPSA) is 41.0 Å². The third-order valence-electron chi connectivity index (χ3n) is 4.26. The first-order chi connectivity index (χ1) is 14.8. The summed E-state index contributed by atoms with van der Waals surface area (Å²) in [6.07, 6.45) is 28.4. The van der Waals surface area contributed by atoms with E-state index in [-0.39, 0.29) is 0 Å². The van der Waals surface area contributed by atoms with Gasteiger partial charge in [0.15, 0.2) is 0 Å². The van der Waals surface area contributed by atoms with Crippen molar-refractivity contribution in [3.8, 4) is 12.8 Å². The minimum absolute atomic E-state index is 0.293. The standard InChI is InChI=1S/C17H19N3.C5H5N.C2H6.C2H2/c1-20-12-6-16(7-13-20)17(14-2-8-18-9-3-14)15-4-10-19-11-5-15;1-2-4-6-5-3-1;2*1-2/h2-10,12,17,19H,11,13H2,1H3;1-5H;1-2H3;1-2H. The fraction of sp³-hybridized carbons (Fsp3) is 0.231. The average Bonchev–Trinajstić information content (AvgIpc) is 2.86. The molecule has 2 aromatic rings. The normalized spacial score (nSPS) is 14.6. The van der Waals surface area contributed by atoms with Gasteiger partial charge in [-0.05, 0) is 65.5 Å². The molecule has 30 heavy (non-hydrogen) atoms. The molecule has 4 heteroatoms. The highest BCUT2D eigenvalue weighted by molar-refractivity contribution is 5.48. The number of terminal acetylenes is 1. The number of allylic oxidation sites excluding steroid dienone is 4. The Balaban J connectivity index is 0.000000378. The molecule has 0 radical (unpaired) electrons. The van der Waals surface area contributed by atoms with Crippen LogP contribution in [-0.4, -0.2) is 35.0 Å². The van der Waals surface area contributed by atoms with Crippen LogP contribution in [-0.2, 0) is 0 Å². The van der Waals surface area contributed by atoms with E-state index in [9.17, 15) is 0 Å². The van der Waals surface area contributed by atoms with E-state index in [1.54, 1.807) is 12.4 Å². The van der Waals surface area contributed by atoms with Crippen molar-refractivity contribution < 1.29 is 0 Å². The molecule has 0 saturated heterocycles. The molecule has 1 atom stereocenters. The summed E-state index contributed by atoms with van der Waals surface area (Å²) in [7, 11) is 2.09. The van der Waals surface area contributed by atoms with E-state index in [0.29, 0.717) is 5.92 Å². The van der Waals surface area contributed by atoms with Crippen LogP contribution in [0.3, 0.4) is 0 Å². The lowest BCUT2D eigenvalue weighted by Gasteiger charge is -2.26. The lowest BCUT2D eigenvalue weighted by atomic mass is 9.83. The average molecular weight is 401 g/mol. The molecule has 2 aliphatic heterocycles. The van der Waals surface area contributed by atoms with E-state index in [4.69, 9.17) is 0 Å². The monoisotopic (exact) mass is 400 g/mol. The van der Waals surface area contributed by atoms with Crippen molar-refractivity contribution in [2.45, 2.75) is 19.8 Å². The third kappa shape index (κ3) is 8.20. The highest BCUT2D eigenvalue weighted by Crippen LogP contribution is 2.34. The smallest absolute Gasteiger partial charge is 0.0356 e. The Hall–Kier alpha value is -3.58. The molecular formula is C26H32N4. The molecule has 156 valence electrons. The van der Waals surface area contributed by atoms with Crippen LogP contribution in [0.4, 0.5) is 0 Å². The Morgan fingerprint density at radius 1 is 0.900 bits per heavy atom. The predicted octanol–water partition coefficient (Wildman–Crippen LogP) is 4.95. The van der Waals surface area contributed by atoms with Crippen molar-refractivity contribution in [1.82, 2.24) is 20.2 Å². The molecule has 1 unspecified atom stereocenters. The first-order valence-corrected chi connectivity index (χ1v) is 10.1. The van der Waals surface area contributed by atoms with Crippen LogP contribution in [0.1, 0.15) is 25.3 Å². The lowest BCUT2D eigenvalue weighted by Crippen LogP contribution is -2.18. The molecule has 0 saturated carbocycles. The van der Waals surface area contributed by atoms with Crippen LogP contribution in [0.2, 0.25) is 0 Å². The Labute approximate surface area is 181 Å². The molecule has 4 rings (SSSR count). The zero-order valence-corrected chi connectivity index (χ0v) is 18.1. The van der Waals surface area contributed by atoms with Crippen molar-refractivity contribution >= 4 is 0 Å². The zero-order chi connectivity index (χ0) is 22.0. The summed E-state index contributed by atoms with van der Waals surface area (Å²) in [6.45, 7) is 5.85. The van der Waals surface area contributed by atoms with Gasteiger partial charge >= 0.3 is 0 Å². The van der Waals surface area contributed by atoms with Crippen molar-refractivity contribution in [2.24, 2.45) is 0 Å². The molecule has 0 aromatic carbocycles. The number of dihydropyridines is 1. The maximum atomic E-state index is 4.13. The quantitative estimate of drug-likeness (QED) is 0.740. The summed E-state index contributed by atoms with van der Waals surface area (Å²) in [4.78, 5) is 10.1. The SMILES string of the molecule is C#C.CC.CN1C=CC(C(C2=CCNC=C2)c2ccncc2)=CC1.c1ccncc1. The molecule has 4 nitrogen and oxygen atoms in total. The fourth-order valence-electron chi connectivity index (χ4n) is 2.93. The van der Waals surface area contributed by atoms with Crippen LogP contribution >= 0.6 is 0 Å². The van der Waals surface area contributed by atoms with E-state index < -0.39 is 0 Å². The highest BCUT2D eigenvalue weighted by atomic mass is 15.1. The number of aromatic nitrogens is 2. The number of hydrogen-bond acceptors (Lipinski definition) is 4. The van der Waals surface area contributed by atoms with Gasteiger partial charge in [0.25, 0.3) is 0 Å². The van der Waals surface area contributed by atoms with Gasteiger partial charge in [-0.25, -0.2) is 0 Å².